The van der Waals surface area contributed by atoms with Crippen LogP contribution in [0.25, 0.3) is 0 Å². The molecule has 23 heavy (non-hydrogen) atoms. The number of amides is 1. The van der Waals surface area contributed by atoms with Crippen molar-refractivity contribution >= 4 is 17.2 Å². The highest BCUT2D eigenvalue weighted by molar-refractivity contribution is 7.09. The molecule has 2 aliphatic rings. The van der Waals surface area contributed by atoms with Crippen molar-refractivity contribution in [1.82, 2.24) is 14.8 Å². The predicted molar refractivity (Wildman–Crippen MR) is 91.6 cm³/mol. The Morgan fingerprint density at radius 1 is 1.39 bits per heavy atom. The molecule has 1 saturated carbocycles. The third-order valence-corrected chi connectivity index (χ3v) is 6.22. The van der Waals surface area contributed by atoms with Crippen LogP contribution in [0.3, 0.4) is 0 Å². The summed E-state index contributed by atoms with van der Waals surface area (Å²) in [4.78, 5) is 21.3. The first-order valence-corrected chi connectivity index (χ1v) is 9.24. The minimum Gasteiger partial charge on any atom is -0.380 e. The number of rotatable bonds is 4. The summed E-state index contributed by atoms with van der Waals surface area (Å²) in [6.45, 7) is 3.76. The normalized spacial score (nSPS) is 30.7. The molecule has 2 heterocycles. The Bertz CT molecular complexity index is 560. The third kappa shape index (κ3) is 3.59. The summed E-state index contributed by atoms with van der Waals surface area (Å²) in [7, 11) is 6.06. The minimum absolute atomic E-state index is 0.222. The lowest BCUT2D eigenvalue weighted by Crippen LogP contribution is -2.47. The Morgan fingerprint density at radius 2 is 2.09 bits per heavy atom. The average Bonchev–Trinajstić information content (AvgIpc) is 3.11. The maximum absolute atomic E-state index is 12.6. The molecule has 5 nitrogen and oxygen atoms in total. The molecule has 1 amide bonds. The van der Waals surface area contributed by atoms with E-state index >= 15 is 0 Å². The zero-order chi connectivity index (χ0) is 16.6. The van der Waals surface area contributed by atoms with Crippen molar-refractivity contribution in [2.45, 2.75) is 38.3 Å². The Balaban J connectivity index is 1.62. The van der Waals surface area contributed by atoms with E-state index in [4.69, 9.17) is 4.74 Å². The summed E-state index contributed by atoms with van der Waals surface area (Å²) >= 11 is 1.61. The number of aryl methyl sites for hydroxylation is 1. The van der Waals surface area contributed by atoms with Crippen molar-refractivity contribution in [3.63, 3.8) is 0 Å². The molecule has 1 aliphatic carbocycles. The zero-order valence-corrected chi connectivity index (χ0v) is 15.3. The van der Waals surface area contributed by atoms with Gasteiger partial charge in [-0.2, -0.15) is 0 Å². The summed E-state index contributed by atoms with van der Waals surface area (Å²) < 4.78 is 5.71. The van der Waals surface area contributed by atoms with Gasteiger partial charge in [-0.15, -0.1) is 11.3 Å². The van der Waals surface area contributed by atoms with Gasteiger partial charge in [0.25, 0.3) is 0 Å². The maximum atomic E-state index is 12.6. The van der Waals surface area contributed by atoms with Crippen molar-refractivity contribution < 1.29 is 9.53 Å². The first kappa shape index (κ1) is 16.9. The second kappa shape index (κ2) is 6.87. The quantitative estimate of drug-likeness (QED) is 0.841. The number of methoxy groups -OCH3 is 1. The number of likely N-dealkylation sites (N-methyl/N-ethyl adjacent to an activating group) is 1. The van der Waals surface area contributed by atoms with Gasteiger partial charge >= 0.3 is 0 Å². The number of thiazole rings is 1. The topological polar surface area (TPSA) is 45.7 Å². The number of ether oxygens (including phenoxy) is 1. The van der Waals surface area contributed by atoms with Gasteiger partial charge in [0, 0.05) is 31.6 Å². The number of hydrogen-bond acceptors (Lipinski definition) is 5. The van der Waals surface area contributed by atoms with Crippen LogP contribution in [0, 0.1) is 18.8 Å². The molecule has 3 rings (SSSR count). The van der Waals surface area contributed by atoms with Crippen LogP contribution in [0.4, 0.5) is 0 Å². The fourth-order valence-corrected chi connectivity index (χ4v) is 4.76. The molecule has 0 N–H and O–H groups in total. The van der Waals surface area contributed by atoms with E-state index in [0.29, 0.717) is 24.3 Å². The van der Waals surface area contributed by atoms with Gasteiger partial charge in [-0.05, 0) is 45.7 Å². The van der Waals surface area contributed by atoms with Gasteiger partial charge in [0.1, 0.15) is 0 Å². The molecule has 1 aliphatic heterocycles. The zero-order valence-electron chi connectivity index (χ0n) is 14.5. The number of nitrogens with zero attached hydrogens (tertiary/aromatic N) is 3. The molecule has 1 aromatic rings. The van der Waals surface area contributed by atoms with E-state index in [1.54, 1.807) is 11.3 Å². The molecule has 6 heteroatoms. The third-order valence-electron chi connectivity index (χ3n) is 5.40. The lowest BCUT2D eigenvalue weighted by atomic mass is 9.77. The molecule has 0 unspecified atom stereocenters. The summed E-state index contributed by atoms with van der Waals surface area (Å²) in [6.07, 6.45) is 2.90. The highest BCUT2D eigenvalue weighted by Gasteiger charge is 2.44. The van der Waals surface area contributed by atoms with E-state index in [-0.39, 0.29) is 12.0 Å². The molecule has 1 saturated heterocycles. The van der Waals surface area contributed by atoms with Crippen molar-refractivity contribution in [2.24, 2.45) is 11.8 Å². The van der Waals surface area contributed by atoms with Gasteiger partial charge in [-0.1, -0.05) is 0 Å². The lowest BCUT2D eigenvalue weighted by Gasteiger charge is -2.40. The second-order valence-corrected chi connectivity index (χ2v) is 8.19. The van der Waals surface area contributed by atoms with Gasteiger partial charge < -0.3 is 14.5 Å². The SMILES string of the molecule is CO[C@@H]1C[C@H]2CN(C(=O)Cc3csc(C)n3)C[C@H]2C[C@H]1N(C)C. The summed E-state index contributed by atoms with van der Waals surface area (Å²) in [5.41, 5.74) is 0.910. The second-order valence-electron chi connectivity index (χ2n) is 7.13. The smallest absolute Gasteiger partial charge is 0.228 e. The fraction of sp³-hybridized carbons (Fsp3) is 0.765. The van der Waals surface area contributed by atoms with Crippen LogP contribution in [-0.4, -0.2) is 67.1 Å². The van der Waals surface area contributed by atoms with Gasteiger partial charge in [0.15, 0.2) is 0 Å². The number of fused-ring (bicyclic) bond motifs is 1. The van der Waals surface area contributed by atoms with Gasteiger partial charge in [0.05, 0.1) is 23.2 Å². The van der Waals surface area contributed by atoms with Gasteiger partial charge in [0.2, 0.25) is 5.91 Å². The van der Waals surface area contributed by atoms with E-state index in [1.165, 1.54) is 0 Å². The maximum Gasteiger partial charge on any atom is 0.228 e. The van der Waals surface area contributed by atoms with E-state index < -0.39 is 0 Å². The molecule has 0 aromatic carbocycles. The molecular formula is C17H27N3O2S. The summed E-state index contributed by atoms with van der Waals surface area (Å²) in [6, 6.07) is 0.456. The number of carbonyl (C=O) groups excluding carboxylic acids is 1. The van der Waals surface area contributed by atoms with Crippen LogP contribution in [-0.2, 0) is 16.0 Å². The lowest BCUT2D eigenvalue weighted by molar-refractivity contribution is -0.129. The first-order valence-electron chi connectivity index (χ1n) is 8.36. The van der Waals surface area contributed by atoms with Crippen LogP contribution in [0.5, 0.6) is 0 Å². The van der Waals surface area contributed by atoms with Gasteiger partial charge in [-0.3, -0.25) is 4.79 Å². The molecule has 0 bridgehead atoms. The van der Waals surface area contributed by atoms with E-state index in [0.717, 1.165) is 36.6 Å². The average molecular weight is 337 g/mol. The molecular weight excluding hydrogens is 310 g/mol. The predicted octanol–water partition coefficient (Wildman–Crippen LogP) is 1.81. The highest BCUT2D eigenvalue weighted by atomic mass is 32.1. The van der Waals surface area contributed by atoms with Gasteiger partial charge in [-0.25, -0.2) is 4.98 Å². The number of aromatic nitrogens is 1. The van der Waals surface area contributed by atoms with Crippen molar-refractivity contribution in [3.05, 3.63) is 16.1 Å². The monoisotopic (exact) mass is 337 g/mol. The Labute approximate surface area is 142 Å². The number of likely N-dealkylation sites (tertiary alicyclic amines) is 1. The van der Waals surface area contributed by atoms with Crippen LogP contribution in [0.1, 0.15) is 23.5 Å². The molecule has 128 valence electrons. The first-order chi connectivity index (χ1) is 11.0. The van der Waals surface area contributed by atoms with Crippen molar-refractivity contribution in [1.29, 1.82) is 0 Å². The molecule has 4 atom stereocenters. The molecule has 1 aromatic heterocycles. The molecule has 0 radical (unpaired) electrons. The minimum atomic E-state index is 0.222. The Hall–Kier alpha value is -0.980. The fourth-order valence-electron chi connectivity index (χ4n) is 4.15. The van der Waals surface area contributed by atoms with Crippen molar-refractivity contribution in [3.8, 4) is 0 Å². The van der Waals surface area contributed by atoms with E-state index in [1.807, 2.05) is 19.4 Å². The van der Waals surface area contributed by atoms with Crippen LogP contribution in [0.15, 0.2) is 5.38 Å². The van der Waals surface area contributed by atoms with Crippen LogP contribution < -0.4 is 0 Å². The highest BCUT2D eigenvalue weighted by Crippen LogP contribution is 2.38. The van der Waals surface area contributed by atoms with E-state index in [2.05, 4.69) is 28.9 Å². The summed E-state index contributed by atoms with van der Waals surface area (Å²) in [5.74, 6) is 1.41. The molecule has 0 spiro atoms. The van der Waals surface area contributed by atoms with Crippen LogP contribution >= 0.6 is 11.3 Å². The molecule has 2 fully saturated rings. The number of hydrogen-bond donors (Lipinski definition) is 0. The standard InChI is InChI=1S/C17H27N3O2S/c1-11-18-14(10-23-11)7-17(21)20-8-12-5-15(19(2)3)16(22-4)6-13(12)9-20/h10,12-13,15-16H,5-9H2,1-4H3/t12-,13+,15-,16-/m1/s1. The Morgan fingerprint density at radius 3 is 2.65 bits per heavy atom. The van der Waals surface area contributed by atoms with Crippen LogP contribution in [0.2, 0.25) is 0 Å². The Kier molecular flexibility index (Phi) is 5.04. The van der Waals surface area contributed by atoms with E-state index in [9.17, 15) is 4.79 Å². The van der Waals surface area contributed by atoms with Crippen molar-refractivity contribution in [2.75, 3.05) is 34.3 Å². The summed E-state index contributed by atoms with van der Waals surface area (Å²) in [5, 5.41) is 3.03. The number of carbonyl (C=O) groups is 1. The largest absolute Gasteiger partial charge is 0.380 e.